The van der Waals surface area contributed by atoms with Crippen LogP contribution in [0.15, 0.2) is 42.7 Å². The van der Waals surface area contributed by atoms with E-state index in [-0.39, 0.29) is 4.88 Å². The van der Waals surface area contributed by atoms with Gasteiger partial charge in [0.25, 0.3) is 0 Å². The number of nitrogens with one attached hydrogen (secondary N) is 1. The van der Waals surface area contributed by atoms with Crippen LogP contribution in [0.5, 0.6) is 0 Å². The van der Waals surface area contributed by atoms with Crippen LogP contribution in [-0.2, 0) is 0 Å². The van der Waals surface area contributed by atoms with Gasteiger partial charge in [-0.15, -0.1) is 0 Å². The molecule has 2 aromatic heterocycles. The molecule has 0 saturated heterocycles. The van der Waals surface area contributed by atoms with Crippen molar-refractivity contribution < 1.29 is 9.90 Å². The summed E-state index contributed by atoms with van der Waals surface area (Å²) in [4.78, 5) is 19.4. The van der Waals surface area contributed by atoms with Crippen molar-refractivity contribution in [1.29, 1.82) is 0 Å². The number of anilines is 2. The van der Waals surface area contributed by atoms with E-state index in [1.165, 1.54) is 6.20 Å². The number of aromatic carboxylic acids is 1. The van der Waals surface area contributed by atoms with E-state index in [0.717, 1.165) is 27.9 Å². The van der Waals surface area contributed by atoms with Gasteiger partial charge in [0.05, 0.1) is 17.4 Å². The number of nitrogens with zero attached hydrogens (tertiary/aromatic N) is 2. The predicted octanol–water partition coefficient (Wildman–Crippen LogP) is 3.13. The van der Waals surface area contributed by atoms with Crippen LogP contribution in [0, 0.1) is 0 Å². The van der Waals surface area contributed by atoms with Crippen LogP contribution in [-0.4, -0.2) is 21.0 Å². The lowest BCUT2D eigenvalue weighted by atomic mass is 10.2. The van der Waals surface area contributed by atoms with E-state index in [2.05, 4.69) is 15.3 Å². The highest BCUT2D eigenvalue weighted by Gasteiger charge is 2.09. The summed E-state index contributed by atoms with van der Waals surface area (Å²) >= 11 is 1.09. The van der Waals surface area contributed by atoms with Crippen LogP contribution in [0.4, 0.5) is 10.8 Å². The van der Waals surface area contributed by atoms with Gasteiger partial charge in [-0.3, -0.25) is 4.98 Å². The number of pyridine rings is 1. The van der Waals surface area contributed by atoms with Crippen LogP contribution in [0.3, 0.4) is 0 Å². The molecule has 6 heteroatoms. The first kappa shape index (κ1) is 11.6. The standard InChI is InChI=1S/C13H9N3O2S/c17-12(18)10-7-15-13(19-10)16-9-5-1-3-8-4-2-6-14-11(8)9/h1-7H,(H,15,16)(H,17,18). The largest absolute Gasteiger partial charge is 0.477 e. The second-order valence-electron chi connectivity index (χ2n) is 3.84. The third-order valence-electron chi connectivity index (χ3n) is 2.59. The lowest BCUT2D eigenvalue weighted by Gasteiger charge is -2.05. The highest BCUT2D eigenvalue weighted by atomic mass is 32.1. The Bertz CT molecular complexity index is 749. The van der Waals surface area contributed by atoms with Gasteiger partial charge in [0.1, 0.15) is 4.88 Å². The molecule has 0 saturated carbocycles. The molecule has 0 radical (unpaired) electrons. The maximum atomic E-state index is 10.8. The van der Waals surface area contributed by atoms with Gasteiger partial charge in [-0.1, -0.05) is 29.5 Å². The lowest BCUT2D eigenvalue weighted by molar-refractivity contribution is 0.0702. The molecule has 3 rings (SSSR count). The molecule has 19 heavy (non-hydrogen) atoms. The Labute approximate surface area is 112 Å². The van der Waals surface area contributed by atoms with Crippen molar-refractivity contribution in [3.63, 3.8) is 0 Å². The first-order chi connectivity index (χ1) is 9.24. The number of hydrogen-bond donors (Lipinski definition) is 2. The molecule has 5 nitrogen and oxygen atoms in total. The third-order valence-corrected chi connectivity index (χ3v) is 3.49. The van der Waals surface area contributed by atoms with E-state index >= 15 is 0 Å². The Morgan fingerprint density at radius 2 is 2.05 bits per heavy atom. The van der Waals surface area contributed by atoms with E-state index in [1.807, 2.05) is 30.3 Å². The number of para-hydroxylation sites is 1. The zero-order valence-electron chi connectivity index (χ0n) is 9.70. The summed E-state index contributed by atoms with van der Waals surface area (Å²) in [6, 6.07) is 9.61. The second kappa shape index (κ2) is 4.66. The van der Waals surface area contributed by atoms with Crippen molar-refractivity contribution in [3.8, 4) is 0 Å². The number of hydrogen-bond acceptors (Lipinski definition) is 5. The number of thiazole rings is 1. The van der Waals surface area contributed by atoms with E-state index in [4.69, 9.17) is 5.11 Å². The zero-order valence-corrected chi connectivity index (χ0v) is 10.5. The van der Waals surface area contributed by atoms with Crippen LogP contribution >= 0.6 is 11.3 Å². The van der Waals surface area contributed by atoms with Gasteiger partial charge < -0.3 is 10.4 Å². The molecule has 0 atom stereocenters. The summed E-state index contributed by atoms with van der Waals surface area (Å²) in [6.07, 6.45) is 3.06. The monoisotopic (exact) mass is 271 g/mol. The zero-order chi connectivity index (χ0) is 13.2. The topological polar surface area (TPSA) is 75.1 Å². The quantitative estimate of drug-likeness (QED) is 0.765. The van der Waals surface area contributed by atoms with Crippen molar-refractivity contribution in [2.75, 3.05) is 5.32 Å². The van der Waals surface area contributed by atoms with Crippen LogP contribution < -0.4 is 5.32 Å². The van der Waals surface area contributed by atoms with Gasteiger partial charge >= 0.3 is 5.97 Å². The van der Waals surface area contributed by atoms with E-state index in [9.17, 15) is 4.79 Å². The molecule has 1 aromatic carbocycles. The Kier molecular flexibility index (Phi) is 2.85. The third kappa shape index (κ3) is 2.25. The Morgan fingerprint density at radius 3 is 2.84 bits per heavy atom. The van der Waals surface area contributed by atoms with Gasteiger partial charge in [0, 0.05) is 11.6 Å². The smallest absolute Gasteiger partial charge is 0.347 e. The summed E-state index contributed by atoms with van der Waals surface area (Å²) in [5.74, 6) is -0.971. The average molecular weight is 271 g/mol. The molecule has 0 unspecified atom stereocenters. The van der Waals surface area contributed by atoms with Gasteiger partial charge in [-0.25, -0.2) is 9.78 Å². The molecule has 3 aromatic rings. The molecule has 0 spiro atoms. The lowest BCUT2D eigenvalue weighted by Crippen LogP contribution is -1.91. The number of fused-ring (bicyclic) bond motifs is 1. The van der Waals surface area contributed by atoms with Crippen molar-refractivity contribution in [2.45, 2.75) is 0 Å². The number of rotatable bonds is 3. The molecular weight excluding hydrogens is 262 g/mol. The van der Waals surface area contributed by atoms with Crippen molar-refractivity contribution in [3.05, 3.63) is 47.6 Å². The number of carboxylic acids is 1. The molecule has 0 amide bonds. The number of carboxylic acid groups (broad SMARTS) is 1. The minimum atomic E-state index is -0.971. The van der Waals surface area contributed by atoms with Gasteiger partial charge in [0.2, 0.25) is 0 Å². The summed E-state index contributed by atoms with van der Waals surface area (Å²) in [6.45, 7) is 0. The second-order valence-corrected chi connectivity index (χ2v) is 4.87. The van der Waals surface area contributed by atoms with Gasteiger partial charge in [0.15, 0.2) is 5.13 Å². The van der Waals surface area contributed by atoms with Gasteiger partial charge in [-0.2, -0.15) is 0 Å². The Balaban J connectivity index is 1.98. The van der Waals surface area contributed by atoms with Crippen molar-refractivity contribution >= 4 is 39.0 Å². The summed E-state index contributed by atoms with van der Waals surface area (Å²) in [5, 5.41) is 13.5. The Morgan fingerprint density at radius 1 is 1.21 bits per heavy atom. The molecule has 0 bridgehead atoms. The molecule has 0 aliphatic heterocycles. The first-order valence-electron chi connectivity index (χ1n) is 5.54. The fourth-order valence-corrected chi connectivity index (χ4v) is 2.42. The minimum Gasteiger partial charge on any atom is -0.477 e. The van der Waals surface area contributed by atoms with E-state index in [1.54, 1.807) is 6.20 Å². The molecule has 0 aliphatic rings. The number of carbonyl (C=O) groups is 1. The molecule has 0 aliphatic carbocycles. The molecule has 0 fully saturated rings. The molecule has 2 heterocycles. The van der Waals surface area contributed by atoms with Crippen LogP contribution in [0.1, 0.15) is 9.67 Å². The summed E-state index contributed by atoms with van der Waals surface area (Å²) in [5.41, 5.74) is 1.64. The Hall–Kier alpha value is -2.47. The SMILES string of the molecule is O=C(O)c1cnc(Nc2cccc3cccnc23)s1. The van der Waals surface area contributed by atoms with Crippen LogP contribution in [0.2, 0.25) is 0 Å². The van der Waals surface area contributed by atoms with E-state index < -0.39 is 5.97 Å². The van der Waals surface area contributed by atoms with Gasteiger partial charge in [-0.05, 0) is 12.1 Å². The molecule has 2 N–H and O–H groups in total. The predicted molar refractivity (Wildman–Crippen MR) is 74.1 cm³/mol. The van der Waals surface area contributed by atoms with Crippen molar-refractivity contribution in [1.82, 2.24) is 9.97 Å². The maximum Gasteiger partial charge on any atom is 0.347 e. The van der Waals surface area contributed by atoms with Crippen LogP contribution in [0.25, 0.3) is 10.9 Å². The number of benzene rings is 1. The fraction of sp³-hybridized carbons (Fsp3) is 0. The fourth-order valence-electron chi connectivity index (χ4n) is 1.75. The molecule has 94 valence electrons. The highest BCUT2D eigenvalue weighted by molar-refractivity contribution is 7.17. The molecular formula is C13H9N3O2S. The summed E-state index contributed by atoms with van der Waals surface area (Å²) in [7, 11) is 0. The normalized spacial score (nSPS) is 10.5. The maximum absolute atomic E-state index is 10.8. The first-order valence-corrected chi connectivity index (χ1v) is 6.35. The number of aromatic nitrogens is 2. The highest BCUT2D eigenvalue weighted by Crippen LogP contribution is 2.27. The van der Waals surface area contributed by atoms with E-state index in [0.29, 0.717) is 5.13 Å². The van der Waals surface area contributed by atoms with Crippen molar-refractivity contribution in [2.24, 2.45) is 0 Å². The average Bonchev–Trinajstić information content (AvgIpc) is 2.88. The minimum absolute atomic E-state index is 0.204. The summed E-state index contributed by atoms with van der Waals surface area (Å²) < 4.78 is 0.